The van der Waals surface area contributed by atoms with Gasteiger partial charge >= 0.3 is 0 Å². The van der Waals surface area contributed by atoms with Crippen LogP contribution in [0.5, 0.6) is 0 Å². The second-order valence-corrected chi connectivity index (χ2v) is 5.26. The molecule has 86 valence electrons. The lowest BCUT2D eigenvalue weighted by molar-refractivity contribution is 0.164. The first-order valence-corrected chi connectivity index (χ1v) is 6.41. The predicted octanol–water partition coefficient (Wildman–Crippen LogP) is 0.833. The monoisotopic (exact) mass is 227 g/mol. The third-order valence-corrected chi connectivity index (χ3v) is 3.66. The summed E-state index contributed by atoms with van der Waals surface area (Å²) >= 11 is 4.95. The number of hydrogen-bond donors (Lipinski definition) is 1. The molecule has 4 heteroatoms. The third kappa shape index (κ3) is 3.13. The molecule has 2 N–H and O–H groups in total. The van der Waals surface area contributed by atoms with Crippen LogP contribution in [-0.4, -0.2) is 53.6 Å². The van der Waals surface area contributed by atoms with E-state index in [1.54, 1.807) is 0 Å². The summed E-state index contributed by atoms with van der Waals surface area (Å²) in [6, 6.07) is 0.764. The van der Waals surface area contributed by atoms with Crippen molar-refractivity contribution in [2.75, 3.05) is 32.7 Å². The highest BCUT2D eigenvalue weighted by Gasteiger charge is 2.28. The summed E-state index contributed by atoms with van der Waals surface area (Å²) in [5, 5.41) is 0. The van der Waals surface area contributed by atoms with E-state index in [-0.39, 0.29) is 0 Å². The highest BCUT2D eigenvalue weighted by atomic mass is 32.1. The lowest BCUT2D eigenvalue weighted by Crippen LogP contribution is -2.41. The minimum absolute atomic E-state index is 0.634. The molecule has 2 saturated heterocycles. The Bertz CT molecular complexity index is 226. The molecule has 3 nitrogen and oxygen atoms in total. The van der Waals surface area contributed by atoms with Gasteiger partial charge in [-0.05, 0) is 32.4 Å². The quantitative estimate of drug-likeness (QED) is 0.724. The zero-order chi connectivity index (χ0) is 10.7. The van der Waals surface area contributed by atoms with Gasteiger partial charge in [-0.15, -0.1) is 0 Å². The average Bonchev–Trinajstić information content (AvgIpc) is 2.67. The third-order valence-electron chi connectivity index (χ3n) is 3.53. The maximum atomic E-state index is 5.57. The van der Waals surface area contributed by atoms with Crippen molar-refractivity contribution in [1.82, 2.24) is 9.80 Å². The second-order valence-electron chi connectivity index (χ2n) is 4.74. The van der Waals surface area contributed by atoms with Crippen LogP contribution in [-0.2, 0) is 0 Å². The molecule has 0 amide bonds. The van der Waals surface area contributed by atoms with E-state index in [0.717, 1.165) is 19.1 Å². The molecule has 0 bridgehead atoms. The second kappa shape index (κ2) is 5.23. The Labute approximate surface area is 97.6 Å². The molecule has 0 saturated carbocycles. The van der Waals surface area contributed by atoms with E-state index in [1.165, 1.54) is 45.3 Å². The summed E-state index contributed by atoms with van der Waals surface area (Å²) in [6.45, 7) is 5.73. The van der Waals surface area contributed by atoms with Gasteiger partial charge in [0.25, 0.3) is 0 Å². The maximum Gasteiger partial charge on any atom is 0.0870 e. The molecule has 0 radical (unpaired) electrons. The van der Waals surface area contributed by atoms with Crippen LogP contribution in [0.25, 0.3) is 0 Å². The molecular weight excluding hydrogens is 206 g/mol. The molecular formula is C11H21N3S. The van der Waals surface area contributed by atoms with Crippen molar-refractivity contribution in [1.29, 1.82) is 0 Å². The summed E-state index contributed by atoms with van der Waals surface area (Å²) in [6.07, 6.45) is 5.47. The van der Waals surface area contributed by atoms with Gasteiger partial charge in [-0.3, -0.25) is 9.80 Å². The number of hydrogen-bond acceptors (Lipinski definition) is 3. The van der Waals surface area contributed by atoms with Crippen molar-refractivity contribution in [2.24, 2.45) is 5.73 Å². The minimum Gasteiger partial charge on any atom is -0.392 e. The zero-order valence-corrected chi connectivity index (χ0v) is 10.1. The van der Waals surface area contributed by atoms with Crippen molar-refractivity contribution < 1.29 is 0 Å². The number of likely N-dealkylation sites (tertiary alicyclic amines) is 2. The van der Waals surface area contributed by atoms with Gasteiger partial charge in [0.05, 0.1) is 4.99 Å². The number of nitrogens with zero attached hydrogens (tertiary/aromatic N) is 2. The Morgan fingerprint density at radius 3 is 2.60 bits per heavy atom. The van der Waals surface area contributed by atoms with Crippen LogP contribution in [0.2, 0.25) is 0 Å². The van der Waals surface area contributed by atoms with Crippen LogP contribution in [0.1, 0.15) is 25.7 Å². The number of thiocarbonyl (C=S) groups is 1. The van der Waals surface area contributed by atoms with Gasteiger partial charge in [0.2, 0.25) is 0 Å². The smallest absolute Gasteiger partial charge is 0.0870 e. The molecule has 2 aliphatic heterocycles. The van der Waals surface area contributed by atoms with Crippen molar-refractivity contribution in [3.05, 3.63) is 0 Å². The Morgan fingerprint density at radius 1 is 1.20 bits per heavy atom. The minimum atomic E-state index is 0.634. The van der Waals surface area contributed by atoms with Crippen molar-refractivity contribution in [2.45, 2.75) is 31.7 Å². The molecule has 0 aliphatic carbocycles. The Balaban J connectivity index is 1.78. The van der Waals surface area contributed by atoms with E-state index in [0.29, 0.717) is 4.99 Å². The molecule has 1 unspecified atom stereocenters. The first-order valence-electron chi connectivity index (χ1n) is 6.00. The van der Waals surface area contributed by atoms with E-state index in [1.807, 2.05) is 0 Å². The van der Waals surface area contributed by atoms with Crippen LogP contribution >= 0.6 is 12.2 Å². The fourth-order valence-electron chi connectivity index (χ4n) is 2.76. The van der Waals surface area contributed by atoms with Gasteiger partial charge in [-0.1, -0.05) is 18.6 Å². The Kier molecular flexibility index (Phi) is 3.94. The molecule has 2 rings (SSSR count). The number of rotatable bonds is 3. The van der Waals surface area contributed by atoms with Gasteiger partial charge in [0.15, 0.2) is 0 Å². The molecule has 0 aromatic carbocycles. The van der Waals surface area contributed by atoms with E-state index < -0.39 is 0 Å². The molecule has 2 aliphatic rings. The highest BCUT2D eigenvalue weighted by molar-refractivity contribution is 7.80. The van der Waals surface area contributed by atoms with Gasteiger partial charge in [-0.2, -0.15) is 0 Å². The summed E-state index contributed by atoms with van der Waals surface area (Å²) in [5.41, 5.74) is 5.57. The van der Waals surface area contributed by atoms with Crippen molar-refractivity contribution in [3.63, 3.8) is 0 Å². The summed E-state index contributed by atoms with van der Waals surface area (Å²) < 4.78 is 0. The van der Waals surface area contributed by atoms with Crippen LogP contribution in [0.4, 0.5) is 0 Å². The fourth-order valence-corrected chi connectivity index (χ4v) is 2.94. The number of piperidine rings is 1. The lowest BCUT2D eigenvalue weighted by atomic mass is 10.1. The van der Waals surface area contributed by atoms with Gasteiger partial charge in [-0.25, -0.2) is 0 Å². The summed E-state index contributed by atoms with van der Waals surface area (Å²) in [4.78, 5) is 5.68. The number of nitrogens with two attached hydrogens (primary N) is 1. The van der Waals surface area contributed by atoms with Crippen LogP contribution in [0, 0.1) is 0 Å². The summed E-state index contributed by atoms with van der Waals surface area (Å²) in [5.74, 6) is 0. The largest absolute Gasteiger partial charge is 0.392 e. The fraction of sp³-hybridized carbons (Fsp3) is 0.909. The van der Waals surface area contributed by atoms with Crippen LogP contribution < -0.4 is 5.73 Å². The summed E-state index contributed by atoms with van der Waals surface area (Å²) in [7, 11) is 0. The van der Waals surface area contributed by atoms with E-state index in [2.05, 4.69) is 9.80 Å². The predicted molar refractivity (Wildman–Crippen MR) is 67.1 cm³/mol. The SMILES string of the molecule is NC(=S)CN1CCC(N2CCCCC2)C1. The van der Waals surface area contributed by atoms with Gasteiger partial charge in [0.1, 0.15) is 0 Å². The molecule has 0 spiro atoms. The van der Waals surface area contributed by atoms with E-state index in [9.17, 15) is 0 Å². The highest BCUT2D eigenvalue weighted by Crippen LogP contribution is 2.19. The first-order chi connectivity index (χ1) is 7.25. The normalized spacial score (nSPS) is 29.5. The molecule has 0 aromatic heterocycles. The lowest BCUT2D eigenvalue weighted by Gasteiger charge is -2.32. The van der Waals surface area contributed by atoms with Crippen molar-refractivity contribution in [3.8, 4) is 0 Å². The molecule has 15 heavy (non-hydrogen) atoms. The van der Waals surface area contributed by atoms with Crippen molar-refractivity contribution >= 4 is 17.2 Å². The van der Waals surface area contributed by atoms with Crippen LogP contribution in [0.15, 0.2) is 0 Å². The maximum absolute atomic E-state index is 5.57. The Hall–Kier alpha value is -0.190. The first kappa shape index (κ1) is 11.3. The van der Waals surface area contributed by atoms with Gasteiger partial charge in [0, 0.05) is 25.7 Å². The van der Waals surface area contributed by atoms with Gasteiger partial charge < -0.3 is 5.73 Å². The Morgan fingerprint density at radius 2 is 1.93 bits per heavy atom. The topological polar surface area (TPSA) is 32.5 Å². The van der Waals surface area contributed by atoms with E-state index in [4.69, 9.17) is 18.0 Å². The van der Waals surface area contributed by atoms with E-state index >= 15 is 0 Å². The molecule has 2 fully saturated rings. The average molecular weight is 227 g/mol. The standard InChI is InChI=1S/C11H21N3S/c12-11(15)9-13-7-4-10(8-13)14-5-2-1-3-6-14/h10H,1-9H2,(H2,12,15). The van der Waals surface area contributed by atoms with Crippen LogP contribution in [0.3, 0.4) is 0 Å². The molecule has 0 aromatic rings. The molecule has 2 heterocycles. The zero-order valence-electron chi connectivity index (χ0n) is 9.32. The molecule has 1 atom stereocenters.